The summed E-state index contributed by atoms with van der Waals surface area (Å²) < 4.78 is 15.0. The van der Waals surface area contributed by atoms with Gasteiger partial charge in [0.05, 0.1) is 13.2 Å². The maximum absolute atomic E-state index is 12.4. The zero-order valence-corrected chi connectivity index (χ0v) is 17.1. The van der Waals surface area contributed by atoms with E-state index in [0.717, 1.165) is 0 Å². The van der Waals surface area contributed by atoms with Crippen molar-refractivity contribution in [3.05, 3.63) is 0 Å². The van der Waals surface area contributed by atoms with Crippen LogP contribution in [0.1, 0.15) is 53.9 Å². The molecule has 9 nitrogen and oxygen atoms in total. The number of esters is 2. The Bertz CT molecular complexity index is 590. The molecule has 2 N–H and O–H groups in total. The van der Waals surface area contributed by atoms with Gasteiger partial charge in [-0.3, -0.25) is 4.79 Å². The monoisotopic (exact) mass is 398 g/mol. The van der Waals surface area contributed by atoms with Crippen molar-refractivity contribution in [3.8, 4) is 12.3 Å². The molecule has 0 unspecified atom stereocenters. The molecule has 0 spiro atoms. The average Bonchev–Trinajstić information content (AvgIpc) is 2.57. The second-order valence-electron chi connectivity index (χ2n) is 6.73. The molecule has 158 valence electrons. The predicted octanol–water partition coefficient (Wildman–Crippen LogP) is 1.29. The molecule has 0 rings (SSSR count). The summed E-state index contributed by atoms with van der Waals surface area (Å²) in [6, 6.07) is -3.00. The van der Waals surface area contributed by atoms with Crippen LogP contribution in [0.5, 0.6) is 0 Å². The lowest BCUT2D eigenvalue weighted by atomic mass is 10.1. The van der Waals surface area contributed by atoms with Gasteiger partial charge in [0.15, 0.2) is 12.1 Å². The van der Waals surface area contributed by atoms with Gasteiger partial charge in [-0.05, 0) is 41.0 Å². The standard InChI is InChI=1S/C19H30N2O7/c1-7-10-11-12-13(22)20-14(16(23)26-8-2)15(17(24)27-9-3)21-18(25)28-19(4,5)6/h1,14-15H,8-12H2,2-6H3,(H,20,22)(H,21,25)/t14-,15-/m0/s1. The number of unbranched alkanes of at least 4 members (excludes halogenated alkanes) is 1. The summed E-state index contributed by atoms with van der Waals surface area (Å²) in [4.78, 5) is 49.0. The Hall–Kier alpha value is -2.76. The molecule has 0 heterocycles. The van der Waals surface area contributed by atoms with Gasteiger partial charge in [0.25, 0.3) is 0 Å². The van der Waals surface area contributed by atoms with Crippen LogP contribution in [-0.2, 0) is 28.6 Å². The molecule has 0 aromatic heterocycles. The highest BCUT2D eigenvalue weighted by atomic mass is 16.6. The topological polar surface area (TPSA) is 120 Å². The van der Waals surface area contributed by atoms with Crippen molar-refractivity contribution in [1.29, 1.82) is 0 Å². The van der Waals surface area contributed by atoms with Gasteiger partial charge in [-0.1, -0.05) is 0 Å². The van der Waals surface area contributed by atoms with Crippen molar-refractivity contribution in [3.63, 3.8) is 0 Å². The van der Waals surface area contributed by atoms with E-state index in [-0.39, 0.29) is 19.6 Å². The van der Waals surface area contributed by atoms with E-state index in [4.69, 9.17) is 20.6 Å². The predicted molar refractivity (Wildman–Crippen MR) is 101 cm³/mol. The largest absolute Gasteiger partial charge is 0.464 e. The van der Waals surface area contributed by atoms with Gasteiger partial charge in [-0.2, -0.15) is 0 Å². The van der Waals surface area contributed by atoms with Crippen LogP contribution < -0.4 is 10.6 Å². The molecular formula is C19H30N2O7. The Balaban J connectivity index is 5.52. The summed E-state index contributed by atoms with van der Waals surface area (Å²) in [6.45, 7) is 8.10. The first-order valence-electron chi connectivity index (χ1n) is 9.11. The first-order chi connectivity index (χ1) is 13.1. The Labute approximate surface area is 165 Å². The number of amides is 2. The Morgan fingerprint density at radius 1 is 0.964 bits per heavy atom. The molecule has 2 amide bonds. The van der Waals surface area contributed by atoms with Crippen LogP contribution in [0.2, 0.25) is 0 Å². The van der Waals surface area contributed by atoms with Crippen LogP contribution in [-0.4, -0.2) is 54.8 Å². The zero-order chi connectivity index (χ0) is 21.7. The number of terminal acetylenes is 1. The second-order valence-corrected chi connectivity index (χ2v) is 6.73. The Kier molecular flexibility index (Phi) is 11.4. The van der Waals surface area contributed by atoms with Crippen LogP contribution in [0.25, 0.3) is 0 Å². The Morgan fingerprint density at radius 3 is 1.89 bits per heavy atom. The number of alkyl carbamates (subject to hydrolysis) is 1. The number of nitrogens with one attached hydrogen (secondary N) is 2. The first kappa shape index (κ1) is 25.2. The normalized spacial score (nSPS) is 12.7. The molecule has 0 bridgehead atoms. The molecule has 2 atom stereocenters. The smallest absolute Gasteiger partial charge is 0.408 e. The molecular weight excluding hydrogens is 368 g/mol. The van der Waals surface area contributed by atoms with E-state index in [0.29, 0.717) is 12.8 Å². The van der Waals surface area contributed by atoms with Gasteiger partial charge in [0.2, 0.25) is 5.91 Å². The maximum Gasteiger partial charge on any atom is 0.408 e. The van der Waals surface area contributed by atoms with Crippen LogP contribution in [0, 0.1) is 12.3 Å². The third-order valence-electron chi connectivity index (χ3n) is 3.13. The highest BCUT2D eigenvalue weighted by molar-refractivity contribution is 5.93. The van der Waals surface area contributed by atoms with Crippen molar-refractivity contribution < 1.29 is 33.4 Å². The number of carbonyl (C=O) groups is 4. The van der Waals surface area contributed by atoms with Crippen molar-refractivity contribution in [2.75, 3.05) is 13.2 Å². The summed E-state index contributed by atoms with van der Waals surface area (Å²) >= 11 is 0. The minimum atomic E-state index is -1.52. The third-order valence-corrected chi connectivity index (χ3v) is 3.13. The Morgan fingerprint density at radius 2 is 1.46 bits per heavy atom. The average molecular weight is 398 g/mol. The molecule has 0 aliphatic heterocycles. The molecule has 0 radical (unpaired) electrons. The van der Waals surface area contributed by atoms with E-state index < -0.39 is 41.6 Å². The molecule has 0 aromatic carbocycles. The number of hydrogen-bond acceptors (Lipinski definition) is 7. The van der Waals surface area contributed by atoms with Crippen LogP contribution in [0.4, 0.5) is 4.79 Å². The van der Waals surface area contributed by atoms with E-state index in [1.165, 1.54) is 0 Å². The third kappa shape index (κ3) is 10.4. The highest BCUT2D eigenvalue weighted by Gasteiger charge is 2.39. The summed E-state index contributed by atoms with van der Waals surface area (Å²) in [5, 5.41) is 4.70. The maximum atomic E-state index is 12.4. The van der Waals surface area contributed by atoms with Crippen LogP contribution in [0.15, 0.2) is 0 Å². The fourth-order valence-corrected chi connectivity index (χ4v) is 2.05. The lowest BCUT2D eigenvalue weighted by Gasteiger charge is -2.27. The highest BCUT2D eigenvalue weighted by Crippen LogP contribution is 2.09. The molecule has 9 heteroatoms. The van der Waals surface area contributed by atoms with E-state index >= 15 is 0 Å². The fourth-order valence-electron chi connectivity index (χ4n) is 2.05. The van der Waals surface area contributed by atoms with Crippen LogP contribution >= 0.6 is 0 Å². The van der Waals surface area contributed by atoms with Gasteiger partial charge >= 0.3 is 18.0 Å². The number of ether oxygens (including phenoxy) is 3. The summed E-state index contributed by atoms with van der Waals surface area (Å²) in [7, 11) is 0. The summed E-state index contributed by atoms with van der Waals surface area (Å²) in [6.07, 6.45) is 5.04. The van der Waals surface area contributed by atoms with Gasteiger partial charge in [-0.25, -0.2) is 14.4 Å². The van der Waals surface area contributed by atoms with E-state index in [1.807, 2.05) is 0 Å². The molecule has 0 aliphatic rings. The summed E-state index contributed by atoms with van der Waals surface area (Å²) in [5.41, 5.74) is -0.832. The van der Waals surface area contributed by atoms with Crippen molar-refractivity contribution in [1.82, 2.24) is 10.6 Å². The molecule has 0 saturated carbocycles. The van der Waals surface area contributed by atoms with E-state index in [2.05, 4.69) is 16.6 Å². The summed E-state index contributed by atoms with van der Waals surface area (Å²) in [5.74, 6) is 0.0917. The minimum Gasteiger partial charge on any atom is -0.464 e. The number of rotatable bonds is 10. The van der Waals surface area contributed by atoms with Gasteiger partial charge < -0.3 is 24.8 Å². The van der Waals surface area contributed by atoms with Crippen molar-refractivity contribution in [2.45, 2.75) is 71.6 Å². The van der Waals surface area contributed by atoms with E-state index in [9.17, 15) is 19.2 Å². The zero-order valence-electron chi connectivity index (χ0n) is 17.1. The van der Waals surface area contributed by atoms with Crippen molar-refractivity contribution >= 4 is 23.9 Å². The molecule has 0 aliphatic carbocycles. The number of carbonyl (C=O) groups excluding carboxylic acids is 4. The van der Waals surface area contributed by atoms with Crippen LogP contribution in [0.3, 0.4) is 0 Å². The van der Waals surface area contributed by atoms with Crippen molar-refractivity contribution in [2.24, 2.45) is 0 Å². The number of hydrogen-bond donors (Lipinski definition) is 2. The second kappa shape index (κ2) is 12.6. The SMILES string of the molecule is C#CCCCC(=O)N[C@H](C(=O)OCC)[C@H](NC(=O)OC(C)(C)C)C(=O)OCC. The molecule has 0 fully saturated rings. The van der Waals surface area contributed by atoms with Gasteiger partial charge in [0.1, 0.15) is 5.60 Å². The lowest BCUT2D eigenvalue weighted by molar-refractivity contribution is -0.155. The lowest BCUT2D eigenvalue weighted by Crippen LogP contribution is -2.60. The quantitative estimate of drug-likeness (QED) is 0.246. The minimum absolute atomic E-state index is 0.0109. The van der Waals surface area contributed by atoms with Gasteiger partial charge in [-0.15, -0.1) is 12.3 Å². The first-order valence-corrected chi connectivity index (χ1v) is 9.11. The van der Waals surface area contributed by atoms with Gasteiger partial charge in [0, 0.05) is 12.8 Å². The molecule has 28 heavy (non-hydrogen) atoms. The van der Waals surface area contributed by atoms with E-state index in [1.54, 1.807) is 34.6 Å². The fraction of sp³-hybridized carbons (Fsp3) is 0.684. The molecule has 0 aromatic rings. The molecule has 0 saturated heterocycles.